The first-order valence-electron chi connectivity index (χ1n) is 8.61. The van der Waals surface area contributed by atoms with Gasteiger partial charge in [-0.05, 0) is 23.8 Å². The standard InChI is InChI=1S/C19H23ClN2O4/c1-24-13-14-6-7-18(26-14)19(23)21-12-17(22-8-10-25-11-9-22)15-4-2-3-5-16(15)20/h2-7,17H,8-13H2,1H3,(H,21,23). The summed E-state index contributed by atoms with van der Waals surface area (Å²) in [5, 5.41) is 3.66. The molecule has 1 aliphatic rings. The summed E-state index contributed by atoms with van der Waals surface area (Å²) in [5.74, 6) is 0.642. The van der Waals surface area contributed by atoms with Crippen molar-refractivity contribution in [3.05, 3.63) is 58.5 Å². The molecule has 6 nitrogen and oxygen atoms in total. The average Bonchev–Trinajstić information content (AvgIpc) is 3.13. The number of carbonyl (C=O) groups is 1. The number of ether oxygens (including phenoxy) is 2. The minimum Gasteiger partial charge on any atom is -0.453 e. The van der Waals surface area contributed by atoms with Crippen molar-refractivity contribution in [1.82, 2.24) is 10.2 Å². The summed E-state index contributed by atoms with van der Waals surface area (Å²) in [7, 11) is 1.58. The lowest BCUT2D eigenvalue weighted by Gasteiger charge is -2.35. The molecule has 0 bridgehead atoms. The van der Waals surface area contributed by atoms with Crippen LogP contribution in [0, 0.1) is 0 Å². The van der Waals surface area contributed by atoms with Gasteiger partial charge < -0.3 is 19.2 Å². The molecule has 2 heterocycles. The lowest BCUT2D eigenvalue weighted by Crippen LogP contribution is -2.43. The maximum absolute atomic E-state index is 12.4. The highest BCUT2D eigenvalue weighted by Gasteiger charge is 2.25. The van der Waals surface area contributed by atoms with Crippen LogP contribution >= 0.6 is 11.6 Å². The van der Waals surface area contributed by atoms with Gasteiger partial charge in [0.25, 0.3) is 5.91 Å². The molecule has 0 radical (unpaired) electrons. The molecule has 1 atom stereocenters. The molecular formula is C19H23ClN2O4. The van der Waals surface area contributed by atoms with Gasteiger partial charge in [-0.3, -0.25) is 9.69 Å². The van der Waals surface area contributed by atoms with E-state index in [9.17, 15) is 4.79 Å². The number of hydrogen-bond acceptors (Lipinski definition) is 5. The molecule has 1 aromatic carbocycles. The minimum absolute atomic E-state index is 0.0232. The first-order chi connectivity index (χ1) is 12.7. The van der Waals surface area contributed by atoms with E-state index >= 15 is 0 Å². The quantitative estimate of drug-likeness (QED) is 0.802. The number of hydrogen-bond donors (Lipinski definition) is 1. The van der Waals surface area contributed by atoms with Gasteiger partial charge in [0, 0.05) is 31.8 Å². The molecule has 1 aromatic heterocycles. The van der Waals surface area contributed by atoms with Gasteiger partial charge in [0.15, 0.2) is 5.76 Å². The number of amides is 1. The lowest BCUT2D eigenvalue weighted by molar-refractivity contribution is 0.0161. The molecule has 0 aliphatic carbocycles. The highest BCUT2D eigenvalue weighted by molar-refractivity contribution is 6.31. The van der Waals surface area contributed by atoms with Crippen molar-refractivity contribution in [2.45, 2.75) is 12.6 Å². The van der Waals surface area contributed by atoms with Crippen molar-refractivity contribution >= 4 is 17.5 Å². The van der Waals surface area contributed by atoms with E-state index in [-0.39, 0.29) is 17.7 Å². The second-order valence-corrected chi connectivity index (χ2v) is 6.50. The number of benzene rings is 1. The third kappa shape index (κ3) is 4.65. The maximum Gasteiger partial charge on any atom is 0.287 e. The molecule has 0 saturated carbocycles. The zero-order valence-electron chi connectivity index (χ0n) is 14.7. The Morgan fingerprint density at radius 3 is 2.77 bits per heavy atom. The van der Waals surface area contributed by atoms with Gasteiger partial charge in [0.1, 0.15) is 12.4 Å². The van der Waals surface area contributed by atoms with Gasteiger partial charge in [-0.15, -0.1) is 0 Å². The van der Waals surface area contributed by atoms with Gasteiger partial charge in [-0.1, -0.05) is 29.8 Å². The van der Waals surface area contributed by atoms with Gasteiger partial charge in [-0.2, -0.15) is 0 Å². The Balaban J connectivity index is 1.70. The molecule has 0 spiro atoms. The maximum atomic E-state index is 12.4. The monoisotopic (exact) mass is 378 g/mol. The Bertz CT molecular complexity index is 728. The summed E-state index contributed by atoms with van der Waals surface area (Å²) in [4.78, 5) is 14.7. The zero-order valence-corrected chi connectivity index (χ0v) is 15.5. The molecule has 1 fully saturated rings. The fourth-order valence-electron chi connectivity index (χ4n) is 3.07. The fraction of sp³-hybridized carbons (Fsp3) is 0.421. The summed E-state index contributed by atoms with van der Waals surface area (Å²) >= 11 is 6.41. The molecular weight excluding hydrogens is 356 g/mol. The van der Waals surface area contributed by atoms with E-state index in [0.29, 0.717) is 37.1 Å². The van der Waals surface area contributed by atoms with Crippen LogP contribution < -0.4 is 5.32 Å². The Kier molecular flexibility index (Phi) is 6.68. The summed E-state index contributed by atoms with van der Waals surface area (Å²) in [6.45, 7) is 3.71. The molecule has 1 saturated heterocycles. The summed E-state index contributed by atoms with van der Waals surface area (Å²) in [6, 6.07) is 11.1. The Hall–Kier alpha value is -1.86. The van der Waals surface area contributed by atoms with E-state index < -0.39 is 0 Å². The number of nitrogens with zero attached hydrogens (tertiary/aromatic N) is 1. The largest absolute Gasteiger partial charge is 0.453 e. The van der Waals surface area contributed by atoms with E-state index in [0.717, 1.165) is 18.7 Å². The average molecular weight is 379 g/mol. The molecule has 2 aromatic rings. The number of morpholine rings is 1. The minimum atomic E-state index is -0.252. The van der Waals surface area contributed by atoms with Crippen LogP contribution in [0.25, 0.3) is 0 Å². The van der Waals surface area contributed by atoms with Crippen LogP contribution in [0.5, 0.6) is 0 Å². The van der Waals surface area contributed by atoms with E-state index in [1.807, 2.05) is 24.3 Å². The first-order valence-corrected chi connectivity index (χ1v) is 8.99. The van der Waals surface area contributed by atoms with Crippen LogP contribution in [-0.4, -0.2) is 50.8 Å². The third-order valence-electron chi connectivity index (χ3n) is 4.38. The van der Waals surface area contributed by atoms with Crippen molar-refractivity contribution in [1.29, 1.82) is 0 Å². The van der Waals surface area contributed by atoms with Gasteiger partial charge in [0.05, 0.1) is 19.3 Å². The fourth-order valence-corrected chi connectivity index (χ4v) is 3.33. The summed E-state index contributed by atoms with van der Waals surface area (Å²) in [5.41, 5.74) is 0.996. The van der Waals surface area contributed by atoms with Crippen molar-refractivity contribution in [3.8, 4) is 0 Å². The van der Waals surface area contributed by atoms with E-state index in [4.69, 9.17) is 25.5 Å². The number of carbonyl (C=O) groups excluding carboxylic acids is 1. The number of nitrogens with one attached hydrogen (secondary N) is 1. The topological polar surface area (TPSA) is 63.9 Å². The second kappa shape index (κ2) is 9.19. The van der Waals surface area contributed by atoms with Crippen LogP contribution in [0.3, 0.4) is 0 Å². The van der Waals surface area contributed by atoms with Crippen molar-refractivity contribution in [2.75, 3.05) is 40.0 Å². The zero-order chi connectivity index (χ0) is 18.4. The van der Waals surface area contributed by atoms with Crippen LogP contribution in [0.4, 0.5) is 0 Å². The predicted octanol–water partition coefficient (Wildman–Crippen LogP) is 2.88. The summed E-state index contributed by atoms with van der Waals surface area (Å²) < 4.78 is 16.0. The smallest absolute Gasteiger partial charge is 0.287 e. The normalized spacial score (nSPS) is 16.4. The van der Waals surface area contributed by atoms with Crippen LogP contribution in [0.1, 0.15) is 27.9 Å². The van der Waals surface area contributed by atoms with Gasteiger partial charge in [-0.25, -0.2) is 0 Å². The molecule has 7 heteroatoms. The molecule has 3 rings (SSSR count). The van der Waals surface area contributed by atoms with E-state index in [1.54, 1.807) is 19.2 Å². The van der Waals surface area contributed by atoms with Crippen molar-refractivity contribution in [3.63, 3.8) is 0 Å². The predicted molar refractivity (Wildman–Crippen MR) is 98.3 cm³/mol. The molecule has 26 heavy (non-hydrogen) atoms. The third-order valence-corrected chi connectivity index (χ3v) is 4.72. The van der Waals surface area contributed by atoms with Crippen LogP contribution in [0.15, 0.2) is 40.8 Å². The number of methoxy groups -OCH3 is 1. The Labute approximate surface area is 158 Å². The number of halogens is 1. The number of rotatable bonds is 7. The second-order valence-electron chi connectivity index (χ2n) is 6.09. The molecule has 140 valence electrons. The molecule has 1 N–H and O–H groups in total. The molecule has 1 unspecified atom stereocenters. The highest BCUT2D eigenvalue weighted by atomic mass is 35.5. The molecule has 1 aliphatic heterocycles. The van der Waals surface area contributed by atoms with Gasteiger partial charge in [0.2, 0.25) is 0 Å². The first kappa shape index (κ1) is 18.9. The van der Waals surface area contributed by atoms with Crippen LogP contribution in [-0.2, 0) is 16.1 Å². The van der Waals surface area contributed by atoms with Crippen molar-refractivity contribution < 1.29 is 18.7 Å². The SMILES string of the molecule is COCc1ccc(C(=O)NCC(c2ccccc2Cl)N2CCOCC2)o1. The highest BCUT2D eigenvalue weighted by Crippen LogP contribution is 2.27. The van der Waals surface area contributed by atoms with Gasteiger partial charge >= 0.3 is 0 Å². The summed E-state index contributed by atoms with van der Waals surface area (Å²) in [6.07, 6.45) is 0. The van der Waals surface area contributed by atoms with E-state index in [2.05, 4.69) is 10.2 Å². The van der Waals surface area contributed by atoms with Crippen molar-refractivity contribution in [2.24, 2.45) is 0 Å². The Morgan fingerprint density at radius 1 is 1.27 bits per heavy atom. The van der Waals surface area contributed by atoms with E-state index in [1.165, 1.54) is 0 Å². The Morgan fingerprint density at radius 2 is 2.04 bits per heavy atom. The van der Waals surface area contributed by atoms with Crippen LogP contribution in [0.2, 0.25) is 5.02 Å². The number of furan rings is 1. The lowest BCUT2D eigenvalue weighted by atomic mass is 10.0. The molecule has 1 amide bonds.